The number of nitrogens with zero attached hydrogens (tertiary/aromatic N) is 1. The molecule has 1 nitrogen and oxygen atoms in total. The number of hydrogen-bond donors (Lipinski definition) is 0. The molecule has 0 aromatic rings. The standard InChI is InChI=1S/C9H16N/c1-2-6-10(7-3-1)8-9-4-5-9/h6,9H,1-5,7-8H2. The molecule has 0 unspecified atom stereocenters. The van der Waals surface area contributed by atoms with Crippen LogP contribution in [0.15, 0.2) is 0 Å². The third kappa shape index (κ3) is 1.72. The Morgan fingerprint density at radius 3 is 2.80 bits per heavy atom. The van der Waals surface area contributed by atoms with E-state index in [-0.39, 0.29) is 0 Å². The molecule has 2 aliphatic rings. The fraction of sp³-hybridized carbons (Fsp3) is 0.889. The van der Waals surface area contributed by atoms with Gasteiger partial charge in [0.25, 0.3) is 0 Å². The van der Waals surface area contributed by atoms with Gasteiger partial charge in [-0.25, -0.2) is 0 Å². The van der Waals surface area contributed by atoms with Crippen LogP contribution in [0, 0.1) is 12.5 Å². The molecule has 1 heterocycles. The fourth-order valence-electron chi connectivity index (χ4n) is 1.62. The van der Waals surface area contributed by atoms with Crippen molar-refractivity contribution in [2.45, 2.75) is 32.1 Å². The first-order valence-corrected chi connectivity index (χ1v) is 4.52. The van der Waals surface area contributed by atoms with Gasteiger partial charge in [0.05, 0.1) is 0 Å². The van der Waals surface area contributed by atoms with Gasteiger partial charge < -0.3 is 0 Å². The largest absolute Gasteiger partial charge is 0.299 e. The minimum absolute atomic E-state index is 1.06. The quantitative estimate of drug-likeness (QED) is 0.564. The van der Waals surface area contributed by atoms with Crippen LogP contribution in [-0.2, 0) is 0 Å². The lowest BCUT2D eigenvalue weighted by molar-refractivity contribution is 0.271. The summed E-state index contributed by atoms with van der Waals surface area (Å²) in [5.41, 5.74) is 0. The van der Waals surface area contributed by atoms with Crippen LogP contribution in [0.3, 0.4) is 0 Å². The van der Waals surface area contributed by atoms with E-state index in [1.807, 2.05) is 0 Å². The molecule has 1 heteroatoms. The Morgan fingerprint density at radius 2 is 2.20 bits per heavy atom. The maximum Gasteiger partial charge on any atom is 0.0251 e. The molecule has 10 heavy (non-hydrogen) atoms. The van der Waals surface area contributed by atoms with E-state index in [4.69, 9.17) is 0 Å². The van der Waals surface area contributed by atoms with E-state index in [1.54, 1.807) is 0 Å². The van der Waals surface area contributed by atoms with Crippen molar-refractivity contribution in [3.8, 4) is 0 Å². The lowest BCUT2D eigenvalue weighted by atomic mass is 10.1. The first-order valence-electron chi connectivity index (χ1n) is 4.52. The lowest BCUT2D eigenvalue weighted by Crippen LogP contribution is -2.27. The highest BCUT2D eigenvalue weighted by atomic mass is 15.1. The monoisotopic (exact) mass is 138 g/mol. The smallest absolute Gasteiger partial charge is 0.0251 e. The summed E-state index contributed by atoms with van der Waals surface area (Å²) in [6, 6.07) is 0. The highest BCUT2D eigenvalue weighted by Gasteiger charge is 2.24. The van der Waals surface area contributed by atoms with Gasteiger partial charge in [0.2, 0.25) is 0 Å². The Bertz CT molecular complexity index is 101. The highest BCUT2D eigenvalue weighted by Crippen LogP contribution is 2.31. The zero-order chi connectivity index (χ0) is 6.81. The molecule has 2 rings (SSSR count). The van der Waals surface area contributed by atoms with E-state index in [9.17, 15) is 0 Å². The molecule has 2 fully saturated rings. The molecule has 1 radical (unpaired) electrons. The molecule has 0 atom stereocenters. The second-order valence-corrected chi connectivity index (χ2v) is 3.62. The van der Waals surface area contributed by atoms with E-state index < -0.39 is 0 Å². The predicted molar refractivity (Wildman–Crippen MR) is 42.4 cm³/mol. The lowest BCUT2D eigenvalue weighted by Gasteiger charge is -2.25. The number of rotatable bonds is 2. The Morgan fingerprint density at radius 1 is 1.30 bits per heavy atom. The van der Waals surface area contributed by atoms with Crippen LogP contribution in [0.4, 0.5) is 0 Å². The van der Waals surface area contributed by atoms with Crippen LogP contribution in [-0.4, -0.2) is 18.0 Å². The van der Waals surface area contributed by atoms with Crippen LogP contribution in [0.2, 0.25) is 0 Å². The van der Waals surface area contributed by atoms with Gasteiger partial charge in [-0.15, -0.1) is 0 Å². The van der Waals surface area contributed by atoms with Crippen molar-refractivity contribution in [1.29, 1.82) is 0 Å². The van der Waals surface area contributed by atoms with E-state index in [0.717, 1.165) is 5.92 Å². The van der Waals surface area contributed by atoms with E-state index >= 15 is 0 Å². The molecule has 0 amide bonds. The Labute approximate surface area is 63.4 Å². The summed E-state index contributed by atoms with van der Waals surface area (Å²) in [6.45, 7) is 5.10. The normalized spacial score (nSPS) is 28.8. The van der Waals surface area contributed by atoms with Crippen molar-refractivity contribution in [1.82, 2.24) is 4.90 Å². The van der Waals surface area contributed by atoms with Gasteiger partial charge in [-0.3, -0.25) is 4.90 Å². The molecule has 57 valence electrons. The summed E-state index contributed by atoms with van der Waals surface area (Å²) in [6.07, 6.45) is 7.14. The van der Waals surface area contributed by atoms with Gasteiger partial charge >= 0.3 is 0 Å². The molecular weight excluding hydrogens is 122 g/mol. The van der Waals surface area contributed by atoms with E-state index in [0.29, 0.717) is 0 Å². The van der Waals surface area contributed by atoms with Crippen LogP contribution in [0.5, 0.6) is 0 Å². The maximum atomic E-state index is 2.53. The SMILES string of the molecule is [CH]1CCCCN1CC1CC1. The summed E-state index contributed by atoms with van der Waals surface area (Å²) in [5.74, 6) is 1.06. The van der Waals surface area contributed by atoms with Gasteiger partial charge in [0.15, 0.2) is 0 Å². The maximum absolute atomic E-state index is 2.53. The molecule has 0 spiro atoms. The number of piperidine rings is 1. The Hall–Kier alpha value is -0.0400. The summed E-state index contributed by atoms with van der Waals surface area (Å²) in [7, 11) is 0. The molecule has 1 aliphatic heterocycles. The summed E-state index contributed by atoms with van der Waals surface area (Å²) in [5, 5.41) is 0. The first-order chi connectivity index (χ1) is 4.95. The third-order valence-corrected chi connectivity index (χ3v) is 2.48. The van der Waals surface area contributed by atoms with Crippen molar-refractivity contribution in [3.05, 3.63) is 6.54 Å². The minimum atomic E-state index is 1.06. The van der Waals surface area contributed by atoms with Gasteiger partial charge in [-0.05, 0) is 38.1 Å². The van der Waals surface area contributed by atoms with Crippen molar-refractivity contribution >= 4 is 0 Å². The van der Waals surface area contributed by atoms with Gasteiger partial charge in [0, 0.05) is 13.1 Å². The van der Waals surface area contributed by atoms with Crippen LogP contribution in [0.1, 0.15) is 32.1 Å². The number of likely N-dealkylation sites (tertiary alicyclic amines) is 1. The average Bonchev–Trinajstić information content (AvgIpc) is 2.74. The summed E-state index contributed by atoms with van der Waals surface area (Å²) >= 11 is 0. The molecule has 0 aromatic heterocycles. The van der Waals surface area contributed by atoms with Crippen molar-refractivity contribution in [2.75, 3.05) is 13.1 Å². The number of hydrogen-bond acceptors (Lipinski definition) is 1. The molecular formula is C9H16N. The van der Waals surface area contributed by atoms with Gasteiger partial charge in [0.1, 0.15) is 0 Å². The summed E-state index contributed by atoms with van der Waals surface area (Å²) in [4.78, 5) is 2.53. The van der Waals surface area contributed by atoms with Gasteiger partial charge in [-0.1, -0.05) is 6.42 Å². The van der Waals surface area contributed by atoms with Crippen LogP contribution < -0.4 is 0 Å². The van der Waals surface area contributed by atoms with Gasteiger partial charge in [-0.2, -0.15) is 0 Å². The molecule has 0 aromatic carbocycles. The second kappa shape index (κ2) is 2.91. The molecule has 1 saturated heterocycles. The van der Waals surface area contributed by atoms with Crippen molar-refractivity contribution < 1.29 is 0 Å². The van der Waals surface area contributed by atoms with Crippen molar-refractivity contribution in [2.24, 2.45) is 5.92 Å². The third-order valence-electron chi connectivity index (χ3n) is 2.48. The highest BCUT2D eigenvalue weighted by molar-refractivity contribution is 4.82. The minimum Gasteiger partial charge on any atom is -0.299 e. The zero-order valence-electron chi connectivity index (χ0n) is 6.55. The zero-order valence-corrected chi connectivity index (χ0v) is 6.55. The second-order valence-electron chi connectivity index (χ2n) is 3.62. The molecule has 1 saturated carbocycles. The average molecular weight is 138 g/mol. The fourth-order valence-corrected chi connectivity index (χ4v) is 1.62. The molecule has 0 N–H and O–H groups in total. The van der Waals surface area contributed by atoms with Crippen LogP contribution in [0.25, 0.3) is 0 Å². The van der Waals surface area contributed by atoms with E-state index in [2.05, 4.69) is 11.4 Å². The first kappa shape index (κ1) is 6.66. The Kier molecular flexibility index (Phi) is 1.94. The molecule has 0 bridgehead atoms. The topological polar surface area (TPSA) is 3.24 Å². The predicted octanol–water partition coefficient (Wildman–Crippen LogP) is 2.04. The molecule has 1 aliphatic carbocycles. The van der Waals surface area contributed by atoms with Crippen molar-refractivity contribution in [3.63, 3.8) is 0 Å². The Balaban J connectivity index is 1.69. The summed E-state index contributed by atoms with van der Waals surface area (Å²) < 4.78 is 0. The van der Waals surface area contributed by atoms with Crippen LogP contribution >= 0.6 is 0 Å². The van der Waals surface area contributed by atoms with E-state index in [1.165, 1.54) is 45.2 Å².